The van der Waals surface area contributed by atoms with E-state index in [1.165, 1.54) is 53.4 Å². The molecule has 2 amide bonds. The van der Waals surface area contributed by atoms with Crippen molar-refractivity contribution in [1.29, 1.82) is 0 Å². The van der Waals surface area contributed by atoms with Crippen molar-refractivity contribution in [2.75, 3.05) is 50.8 Å². The van der Waals surface area contributed by atoms with Crippen molar-refractivity contribution < 1.29 is 36.6 Å². The molecule has 5 rings (SSSR count). The van der Waals surface area contributed by atoms with Crippen LogP contribution in [-0.2, 0) is 11.0 Å². The molecule has 14 heteroatoms. The largest absolute Gasteiger partial charge is 0.434 e. The molecule has 0 spiro atoms. The summed E-state index contributed by atoms with van der Waals surface area (Å²) in [4.78, 5) is 31.1. The second kappa shape index (κ2) is 12.8. The number of aliphatic hydroxyl groups is 1. The van der Waals surface area contributed by atoms with Crippen molar-refractivity contribution in [1.82, 2.24) is 19.6 Å². The molecule has 1 saturated heterocycles. The number of halogens is 6. The van der Waals surface area contributed by atoms with Crippen LogP contribution in [0.15, 0.2) is 66.9 Å². The zero-order chi connectivity index (χ0) is 30.1. The Kier molecular flexibility index (Phi) is 9.57. The van der Waals surface area contributed by atoms with Gasteiger partial charge < -0.3 is 14.9 Å². The van der Waals surface area contributed by atoms with Gasteiger partial charge in [0.25, 0.3) is 11.8 Å². The summed E-state index contributed by atoms with van der Waals surface area (Å²) < 4.78 is 74.7. The van der Waals surface area contributed by atoms with Crippen molar-refractivity contribution in [3.05, 3.63) is 83.7 Å². The Morgan fingerprint density at radius 3 is 2.26 bits per heavy atom. The van der Waals surface area contributed by atoms with Crippen LogP contribution in [0.2, 0.25) is 0 Å². The number of allylic oxidation sites excluding steroid dienone is 1. The fraction of sp³-hybridized carbons (Fsp3) is 0.345. The highest BCUT2D eigenvalue weighted by Crippen LogP contribution is 2.44. The molecule has 1 aromatic heterocycles. The molecule has 1 fully saturated rings. The monoisotopic (exact) mass is 625 g/mol. The van der Waals surface area contributed by atoms with Gasteiger partial charge >= 0.3 is 6.18 Å². The average molecular weight is 626 g/mol. The number of amides is 2. The number of aliphatic hydroxyl groups excluding tert-OH is 1. The minimum Gasteiger partial charge on any atom is -0.395 e. The molecule has 3 aromatic rings. The maximum absolute atomic E-state index is 15.6. The first-order valence-corrected chi connectivity index (χ1v) is 13.4. The van der Waals surface area contributed by atoms with Crippen LogP contribution in [0.3, 0.4) is 0 Å². The number of rotatable bonds is 5. The number of benzene rings is 2. The molecule has 2 aliphatic heterocycles. The van der Waals surface area contributed by atoms with E-state index < -0.39 is 53.7 Å². The van der Waals surface area contributed by atoms with Gasteiger partial charge in [-0.1, -0.05) is 36.4 Å². The number of carbonyl (C=O) groups is 2. The van der Waals surface area contributed by atoms with Crippen LogP contribution in [0.1, 0.15) is 28.0 Å². The smallest absolute Gasteiger partial charge is 0.395 e. The van der Waals surface area contributed by atoms with Crippen molar-refractivity contribution in [3.63, 3.8) is 0 Å². The minimum atomic E-state index is -4.98. The van der Waals surface area contributed by atoms with Crippen LogP contribution < -0.4 is 4.90 Å². The maximum atomic E-state index is 15.6. The molecule has 1 N–H and O–H groups in total. The number of fused-ring (bicyclic) bond motifs is 1. The van der Waals surface area contributed by atoms with Crippen LogP contribution in [0, 0.1) is 0 Å². The molecule has 0 aliphatic carbocycles. The summed E-state index contributed by atoms with van der Waals surface area (Å²) in [7, 11) is 0. The summed E-state index contributed by atoms with van der Waals surface area (Å²) in [5.74, 6) is -5.33. The lowest BCUT2D eigenvalue weighted by Crippen LogP contribution is -2.49. The van der Waals surface area contributed by atoms with Crippen molar-refractivity contribution in [3.8, 4) is 5.69 Å². The van der Waals surface area contributed by atoms with E-state index in [1.807, 2.05) is 4.90 Å². The number of hydrogen-bond acceptors (Lipinski definition) is 5. The van der Waals surface area contributed by atoms with Crippen LogP contribution in [0.25, 0.3) is 11.3 Å². The van der Waals surface area contributed by atoms with Gasteiger partial charge in [-0.2, -0.15) is 18.3 Å². The fourth-order valence-electron chi connectivity index (χ4n) is 5.27. The van der Waals surface area contributed by atoms with Gasteiger partial charge in [0.2, 0.25) is 5.91 Å². The second-order valence-corrected chi connectivity index (χ2v) is 10.0. The van der Waals surface area contributed by atoms with Crippen LogP contribution in [0.4, 0.5) is 27.6 Å². The number of para-hydroxylation sites is 2. The summed E-state index contributed by atoms with van der Waals surface area (Å²) in [6.07, 6.45) is -4.24. The third-order valence-electron chi connectivity index (χ3n) is 7.41. The normalized spacial score (nSPS) is 18.1. The van der Waals surface area contributed by atoms with Gasteiger partial charge in [-0.05, 0) is 18.2 Å². The van der Waals surface area contributed by atoms with E-state index >= 15 is 8.78 Å². The zero-order valence-corrected chi connectivity index (χ0v) is 23.6. The highest BCUT2D eigenvalue weighted by Gasteiger charge is 2.45. The molecule has 0 bridgehead atoms. The molecule has 0 saturated carbocycles. The van der Waals surface area contributed by atoms with E-state index in [2.05, 4.69) is 5.10 Å². The minimum absolute atomic E-state index is 0. The number of piperazine rings is 1. The predicted octanol–water partition coefficient (Wildman–Crippen LogP) is 4.52. The van der Waals surface area contributed by atoms with Crippen molar-refractivity contribution in [2.45, 2.75) is 18.5 Å². The van der Waals surface area contributed by atoms with E-state index in [-0.39, 0.29) is 49.0 Å². The lowest BCUT2D eigenvalue weighted by Gasteiger charge is -2.34. The number of aromatic nitrogens is 2. The molecular formula is C29H29ClF5N5O3. The Morgan fingerprint density at radius 1 is 0.953 bits per heavy atom. The molecule has 2 aliphatic rings. The Morgan fingerprint density at radius 2 is 1.60 bits per heavy atom. The summed E-state index contributed by atoms with van der Waals surface area (Å²) in [5.41, 5.74) is -2.79. The number of β-amino-alcohol motifs (C(OH)–C–C–N with tert-alkyl or cyclic N) is 1. The molecular weight excluding hydrogens is 597 g/mol. The molecule has 0 atom stereocenters. The van der Waals surface area contributed by atoms with Crippen molar-refractivity contribution in [2.24, 2.45) is 0 Å². The van der Waals surface area contributed by atoms with E-state index in [0.717, 1.165) is 17.2 Å². The highest BCUT2D eigenvalue weighted by molar-refractivity contribution is 6.09. The number of anilines is 1. The third-order valence-corrected chi connectivity index (χ3v) is 7.41. The lowest BCUT2D eigenvalue weighted by molar-refractivity contribution is -0.143. The van der Waals surface area contributed by atoms with Gasteiger partial charge in [0.1, 0.15) is 0 Å². The van der Waals surface area contributed by atoms with Crippen LogP contribution in [0.5, 0.6) is 0 Å². The van der Waals surface area contributed by atoms with E-state index in [9.17, 15) is 22.8 Å². The summed E-state index contributed by atoms with van der Waals surface area (Å²) in [6, 6.07) is 13.1. The first kappa shape index (κ1) is 32.1. The first-order valence-electron chi connectivity index (χ1n) is 13.4. The summed E-state index contributed by atoms with van der Waals surface area (Å²) in [5, 5.41) is 12.9. The molecule has 0 radical (unpaired) electrons. The predicted molar refractivity (Wildman–Crippen MR) is 152 cm³/mol. The lowest BCUT2D eigenvalue weighted by atomic mass is 9.96. The Hall–Kier alpha value is -3.81. The topological polar surface area (TPSA) is 81.9 Å². The van der Waals surface area contributed by atoms with E-state index in [4.69, 9.17) is 5.11 Å². The van der Waals surface area contributed by atoms with Crippen molar-refractivity contribution >= 4 is 35.5 Å². The quantitative estimate of drug-likeness (QED) is 0.333. The molecule has 3 heterocycles. The number of carbonyl (C=O) groups excluding carboxylic acids is 2. The molecule has 43 heavy (non-hydrogen) atoms. The third kappa shape index (κ3) is 6.58. The second-order valence-electron chi connectivity index (χ2n) is 10.0. The van der Waals surface area contributed by atoms with Gasteiger partial charge in [-0.3, -0.25) is 14.5 Å². The van der Waals surface area contributed by atoms with Gasteiger partial charge in [0.05, 0.1) is 29.7 Å². The van der Waals surface area contributed by atoms with Gasteiger partial charge in [0, 0.05) is 62.9 Å². The Labute approximate surface area is 250 Å². The average Bonchev–Trinajstić information content (AvgIpc) is 3.39. The van der Waals surface area contributed by atoms with Gasteiger partial charge in [-0.15, -0.1) is 12.4 Å². The summed E-state index contributed by atoms with van der Waals surface area (Å²) >= 11 is 0. The Balaban J connectivity index is 0.00000423. The molecule has 0 unspecified atom stereocenters. The van der Waals surface area contributed by atoms with Crippen LogP contribution in [-0.4, -0.2) is 88.3 Å². The molecule has 230 valence electrons. The number of alkyl halides is 5. The highest BCUT2D eigenvalue weighted by atomic mass is 35.5. The number of hydrogen-bond donors (Lipinski definition) is 1. The number of nitrogens with zero attached hydrogens (tertiary/aromatic N) is 5. The SMILES string of the molecule is Cl.O=C(C=C1c2ccccc2N(C(=O)c2cnn(-c3ccccc3)c2C(F)(F)F)CCC1(F)F)N1CCN(CCO)CC1. The fourth-order valence-corrected chi connectivity index (χ4v) is 5.27. The van der Waals surface area contributed by atoms with Crippen LogP contribution >= 0.6 is 12.4 Å². The van der Waals surface area contributed by atoms with Gasteiger partial charge in [-0.25, -0.2) is 13.5 Å². The van der Waals surface area contributed by atoms with E-state index in [0.29, 0.717) is 24.3 Å². The Bertz CT molecular complexity index is 1490. The zero-order valence-electron chi connectivity index (χ0n) is 22.8. The van der Waals surface area contributed by atoms with Gasteiger partial charge in [0.15, 0.2) is 5.69 Å². The maximum Gasteiger partial charge on any atom is 0.434 e. The molecule has 8 nitrogen and oxygen atoms in total. The van der Waals surface area contributed by atoms with E-state index in [1.54, 1.807) is 6.07 Å². The first-order chi connectivity index (χ1) is 20.0. The summed E-state index contributed by atoms with van der Waals surface area (Å²) in [6.45, 7) is 1.33. The standard InChI is InChI=1S/C29H28F5N5O3.ClH/c30-28(31)10-11-38(27(42)22-19-35-39(26(22)29(32,33)34)20-6-2-1-3-7-20)24-9-5-4-8-21(24)23(28)18-25(41)37-14-12-36(13-15-37)16-17-40;/h1-9,18-19,40H,10-17H2;1H. The molecule has 2 aromatic carbocycles.